The van der Waals surface area contributed by atoms with Gasteiger partial charge in [0.2, 0.25) is 0 Å². The highest BCUT2D eigenvalue weighted by Crippen LogP contribution is 2.09. The van der Waals surface area contributed by atoms with E-state index in [1.54, 1.807) is 18.7 Å². The zero-order valence-electron chi connectivity index (χ0n) is 10.9. The average Bonchev–Trinajstić information content (AvgIpc) is 2.32. The number of hydrogen-bond acceptors (Lipinski definition) is 5. The molecule has 8 heteroatoms. The van der Waals surface area contributed by atoms with E-state index in [2.05, 4.69) is 15.9 Å². The molecule has 19 heavy (non-hydrogen) atoms. The molecule has 6 nitrogen and oxygen atoms in total. The minimum atomic E-state index is -0.490. The maximum Gasteiger partial charge on any atom is 0.334 e. The fraction of sp³-hybridized carbons (Fsp3) is 0.545. The summed E-state index contributed by atoms with van der Waals surface area (Å²) in [5, 5.41) is 0. The van der Waals surface area contributed by atoms with Crippen LogP contribution in [0.3, 0.4) is 0 Å². The molecule has 0 bridgehead atoms. The van der Waals surface area contributed by atoms with Gasteiger partial charge in [0.15, 0.2) is 6.73 Å². The Hall–Kier alpha value is -1.02. The highest BCUT2D eigenvalue weighted by Gasteiger charge is 2.15. The average molecular weight is 351 g/mol. The van der Waals surface area contributed by atoms with Crippen LogP contribution in [0.2, 0.25) is 0 Å². The van der Waals surface area contributed by atoms with Crippen molar-refractivity contribution in [3.8, 4) is 0 Å². The molecule has 106 valence electrons. The second-order valence-electron chi connectivity index (χ2n) is 3.97. The first-order valence-corrected chi connectivity index (χ1v) is 7.71. The Labute approximate surface area is 122 Å². The second-order valence-corrected chi connectivity index (χ2v) is 5.74. The molecule has 0 fully saturated rings. The topological polar surface area (TPSA) is 70.3 Å². The van der Waals surface area contributed by atoms with Gasteiger partial charge in [-0.2, -0.15) is 11.8 Å². The van der Waals surface area contributed by atoms with Crippen LogP contribution in [0.25, 0.3) is 0 Å². The largest absolute Gasteiger partial charge is 0.444 e. The molecule has 1 rings (SSSR count). The number of carbonyl (C=O) groups excluding carboxylic acids is 1. The van der Waals surface area contributed by atoms with Crippen LogP contribution >= 0.6 is 27.7 Å². The first-order valence-electron chi connectivity index (χ1n) is 5.52. The highest BCUT2D eigenvalue weighted by atomic mass is 79.9. The van der Waals surface area contributed by atoms with Gasteiger partial charge in [-0.25, -0.2) is 4.79 Å². The van der Waals surface area contributed by atoms with Crippen molar-refractivity contribution in [3.05, 3.63) is 31.5 Å². The normalized spacial score (nSPS) is 12.2. The van der Waals surface area contributed by atoms with Crippen molar-refractivity contribution in [1.29, 1.82) is 0 Å². The van der Waals surface area contributed by atoms with E-state index in [1.165, 1.54) is 17.7 Å². The lowest BCUT2D eigenvalue weighted by molar-refractivity contribution is -0.144. The predicted octanol–water partition coefficient (Wildman–Crippen LogP) is 1.22. The van der Waals surface area contributed by atoms with E-state index >= 15 is 0 Å². The molecule has 0 radical (unpaired) electrons. The van der Waals surface area contributed by atoms with Crippen molar-refractivity contribution in [2.45, 2.75) is 26.6 Å². The first-order chi connectivity index (χ1) is 8.88. The molecular weight excluding hydrogens is 336 g/mol. The zero-order valence-corrected chi connectivity index (χ0v) is 13.3. The van der Waals surface area contributed by atoms with Gasteiger partial charge >= 0.3 is 11.7 Å². The number of halogens is 1. The number of aromatic nitrogens is 2. The second kappa shape index (κ2) is 6.95. The van der Waals surface area contributed by atoms with Gasteiger partial charge in [-0.15, -0.1) is 0 Å². The smallest absolute Gasteiger partial charge is 0.334 e. The Balaban J connectivity index is 3.26. The summed E-state index contributed by atoms with van der Waals surface area (Å²) < 4.78 is 7.38. The molecule has 0 spiro atoms. The van der Waals surface area contributed by atoms with Crippen LogP contribution in [0.1, 0.15) is 19.9 Å². The van der Waals surface area contributed by atoms with Gasteiger partial charge in [-0.1, -0.05) is 0 Å². The molecule has 0 amide bonds. The van der Waals surface area contributed by atoms with Crippen LogP contribution in [0.4, 0.5) is 0 Å². The van der Waals surface area contributed by atoms with Crippen molar-refractivity contribution < 1.29 is 9.53 Å². The lowest BCUT2D eigenvalue weighted by Crippen LogP contribution is -2.42. The van der Waals surface area contributed by atoms with Crippen molar-refractivity contribution in [2.24, 2.45) is 0 Å². The van der Waals surface area contributed by atoms with Crippen LogP contribution < -0.4 is 11.2 Å². The van der Waals surface area contributed by atoms with Gasteiger partial charge in [0, 0.05) is 24.9 Å². The maximum absolute atomic E-state index is 12.2. The number of esters is 1. The molecule has 1 aromatic rings. The Morgan fingerprint density at radius 3 is 2.68 bits per heavy atom. The fourth-order valence-electron chi connectivity index (χ4n) is 1.54. The molecule has 1 aromatic heterocycles. The summed E-state index contributed by atoms with van der Waals surface area (Å²) in [5.41, 5.74) is -0.873. The molecule has 0 saturated heterocycles. The minimum absolute atomic E-state index is 0.209. The molecule has 0 aromatic carbocycles. The Morgan fingerprint density at radius 1 is 1.53 bits per heavy atom. The summed E-state index contributed by atoms with van der Waals surface area (Å²) in [6.07, 6.45) is 3.23. The SMILES string of the molecule is CSC[C@H](C)n1c(=O)c(Br)cn(COC(C)=O)c1=O. The molecule has 0 aliphatic rings. The zero-order chi connectivity index (χ0) is 14.6. The first kappa shape index (κ1) is 16.0. The van der Waals surface area contributed by atoms with Gasteiger partial charge in [0.1, 0.15) is 0 Å². The highest BCUT2D eigenvalue weighted by molar-refractivity contribution is 9.10. The van der Waals surface area contributed by atoms with Crippen LogP contribution in [-0.2, 0) is 16.3 Å². The standard InChI is InChI=1S/C11H15BrN2O4S/c1-7(5-19-3)14-10(16)9(12)4-13(11(14)17)6-18-8(2)15/h4,7H,5-6H2,1-3H3/t7-/m0/s1. The molecule has 1 heterocycles. The molecule has 1 atom stereocenters. The van der Waals surface area contributed by atoms with Crippen molar-refractivity contribution >= 4 is 33.7 Å². The third-order valence-electron chi connectivity index (χ3n) is 2.40. The predicted molar refractivity (Wildman–Crippen MR) is 77.5 cm³/mol. The quantitative estimate of drug-likeness (QED) is 0.746. The van der Waals surface area contributed by atoms with Crippen LogP contribution in [-0.4, -0.2) is 27.1 Å². The van der Waals surface area contributed by atoms with Gasteiger partial charge < -0.3 is 4.74 Å². The number of thioether (sulfide) groups is 1. The van der Waals surface area contributed by atoms with Gasteiger partial charge in [-0.05, 0) is 29.1 Å². The number of nitrogens with zero attached hydrogens (tertiary/aromatic N) is 2. The van der Waals surface area contributed by atoms with Crippen LogP contribution in [0.5, 0.6) is 0 Å². The lowest BCUT2D eigenvalue weighted by atomic mass is 10.4. The monoisotopic (exact) mass is 350 g/mol. The summed E-state index contributed by atoms with van der Waals surface area (Å²) in [4.78, 5) is 34.9. The van der Waals surface area contributed by atoms with Gasteiger partial charge in [0.25, 0.3) is 5.56 Å². The number of carbonyl (C=O) groups is 1. The van der Waals surface area contributed by atoms with E-state index < -0.39 is 11.7 Å². The lowest BCUT2D eigenvalue weighted by Gasteiger charge is -2.15. The van der Waals surface area contributed by atoms with Gasteiger partial charge in [-0.3, -0.25) is 18.7 Å². The summed E-state index contributed by atoms with van der Waals surface area (Å²) in [7, 11) is 0. The fourth-order valence-corrected chi connectivity index (χ4v) is 2.61. The summed E-state index contributed by atoms with van der Waals surface area (Å²) >= 11 is 4.66. The molecule has 0 saturated carbocycles. The number of hydrogen-bond donors (Lipinski definition) is 0. The molecule has 0 aliphatic carbocycles. The maximum atomic E-state index is 12.2. The summed E-state index contributed by atoms with van der Waals surface area (Å²) in [6, 6.07) is -0.240. The third-order valence-corrected chi connectivity index (χ3v) is 3.76. The third kappa shape index (κ3) is 3.97. The Bertz CT molecular complexity index is 581. The number of ether oxygens (including phenoxy) is 1. The molecule has 0 aliphatic heterocycles. The van der Waals surface area contributed by atoms with E-state index in [9.17, 15) is 14.4 Å². The van der Waals surface area contributed by atoms with Crippen molar-refractivity contribution in [1.82, 2.24) is 9.13 Å². The van der Waals surface area contributed by atoms with E-state index in [-0.39, 0.29) is 22.8 Å². The van der Waals surface area contributed by atoms with Gasteiger partial charge in [0.05, 0.1) is 4.47 Å². The Morgan fingerprint density at radius 2 is 2.16 bits per heavy atom. The molecular formula is C11H15BrN2O4S. The van der Waals surface area contributed by atoms with E-state index in [1.807, 2.05) is 6.26 Å². The van der Waals surface area contributed by atoms with Crippen molar-refractivity contribution in [2.75, 3.05) is 12.0 Å². The summed E-state index contributed by atoms with van der Waals surface area (Å²) in [6.45, 7) is 2.84. The molecule has 0 N–H and O–H groups in total. The molecule has 0 unspecified atom stereocenters. The van der Waals surface area contributed by atoms with E-state index in [4.69, 9.17) is 4.74 Å². The number of rotatable bonds is 5. The Kier molecular flexibility index (Phi) is 5.86. The minimum Gasteiger partial charge on any atom is -0.444 e. The van der Waals surface area contributed by atoms with Crippen LogP contribution in [0.15, 0.2) is 20.3 Å². The van der Waals surface area contributed by atoms with E-state index in [0.29, 0.717) is 5.75 Å². The van der Waals surface area contributed by atoms with E-state index in [0.717, 1.165) is 4.57 Å². The van der Waals surface area contributed by atoms with Crippen LogP contribution in [0, 0.1) is 0 Å². The summed E-state index contributed by atoms with van der Waals surface area (Å²) in [5.74, 6) is 0.150. The van der Waals surface area contributed by atoms with Crippen molar-refractivity contribution in [3.63, 3.8) is 0 Å².